The summed E-state index contributed by atoms with van der Waals surface area (Å²) >= 11 is 2.03. The van der Waals surface area contributed by atoms with E-state index in [1.807, 2.05) is 28.7 Å². The predicted molar refractivity (Wildman–Crippen MR) is 71.4 cm³/mol. The van der Waals surface area contributed by atoms with Crippen LogP contribution in [0.15, 0.2) is 36.7 Å². The fraction of sp³-hybridized carbons (Fsp3) is 0. The summed E-state index contributed by atoms with van der Waals surface area (Å²) in [5, 5.41) is 11.8. The van der Waals surface area contributed by atoms with E-state index in [1.54, 1.807) is 18.2 Å². The SMILES string of the molecule is N#Cc1ccncc1Nc1ccc(I)cc1F. The molecule has 0 radical (unpaired) electrons. The van der Waals surface area contributed by atoms with Gasteiger partial charge in [-0.25, -0.2) is 4.39 Å². The van der Waals surface area contributed by atoms with E-state index >= 15 is 0 Å². The van der Waals surface area contributed by atoms with Gasteiger partial charge in [0.1, 0.15) is 11.9 Å². The number of pyridine rings is 1. The molecule has 0 aliphatic carbocycles. The number of nitrogens with zero attached hydrogens (tertiary/aromatic N) is 2. The van der Waals surface area contributed by atoms with Crippen LogP contribution in [-0.4, -0.2) is 4.98 Å². The van der Waals surface area contributed by atoms with Crippen LogP contribution in [0.3, 0.4) is 0 Å². The Labute approximate surface area is 111 Å². The van der Waals surface area contributed by atoms with Crippen molar-refractivity contribution in [2.75, 3.05) is 5.32 Å². The molecule has 1 heterocycles. The zero-order chi connectivity index (χ0) is 12.3. The highest BCUT2D eigenvalue weighted by Gasteiger charge is 2.06. The number of nitrogens with one attached hydrogen (secondary N) is 1. The molecular weight excluding hydrogens is 332 g/mol. The Balaban J connectivity index is 2.35. The lowest BCUT2D eigenvalue weighted by molar-refractivity contribution is 0.631. The third-order valence-corrected chi connectivity index (χ3v) is 2.81. The molecule has 0 bridgehead atoms. The average Bonchev–Trinajstić information content (AvgIpc) is 2.33. The maximum atomic E-state index is 13.6. The van der Waals surface area contributed by atoms with Crippen LogP contribution in [0.5, 0.6) is 0 Å². The second-order valence-corrected chi connectivity index (χ2v) is 4.53. The molecule has 0 amide bonds. The van der Waals surface area contributed by atoms with Gasteiger partial charge in [-0.15, -0.1) is 0 Å². The fourth-order valence-electron chi connectivity index (χ4n) is 1.33. The Bertz CT molecular complexity index is 593. The molecule has 84 valence electrons. The molecule has 5 heteroatoms. The molecule has 1 N–H and O–H groups in total. The van der Waals surface area contributed by atoms with Crippen molar-refractivity contribution in [3.63, 3.8) is 0 Å². The summed E-state index contributed by atoms with van der Waals surface area (Å²) in [4.78, 5) is 3.90. The summed E-state index contributed by atoms with van der Waals surface area (Å²) in [5.41, 5.74) is 1.25. The highest BCUT2D eigenvalue weighted by molar-refractivity contribution is 14.1. The molecule has 0 saturated carbocycles. The zero-order valence-electron chi connectivity index (χ0n) is 8.61. The van der Waals surface area contributed by atoms with Crippen molar-refractivity contribution in [1.29, 1.82) is 5.26 Å². The van der Waals surface area contributed by atoms with Gasteiger partial charge in [-0.1, -0.05) is 0 Å². The van der Waals surface area contributed by atoms with E-state index in [9.17, 15) is 4.39 Å². The molecule has 17 heavy (non-hydrogen) atoms. The van der Waals surface area contributed by atoms with Crippen molar-refractivity contribution in [3.05, 3.63) is 51.6 Å². The first kappa shape index (κ1) is 11.8. The van der Waals surface area contributed by atoms with Crippen LogP contribution >= 0.6 is 22.6 Å². The van der Waals surface area contributed by atoms with Crippen LogP contribution in [-0.2, 0) is 0 Å². The van der Waals surface area contributed by atoms with Crippen LogP contribution in [0.2, 0.25) is 0 Å². The molecule has 3 nitrogen and oxygen atoms in total. The van der Waals surface area contributed by atoms with Crippen LogP contribution in [0.1, 0.15) is 5.56 Å². The van der Waals surface area contributed by atoms with Crippen molar-refractivity contribution in [2.45, 2.75) is 0 Å². The van der Waals surface area contributed by atoms with Gasteiger partial charge in [0.25, 0.3) is 0 Å². The number of hydrogen-bond donors (Lipinski definition) is 1. The van der Waals surface area contributed by atoms with Gasteiger partial charge in [0, 0.05) is 9.77 Å². The summed E-state index contributed by atoms with van der Waals surface area (Å²) in [7, 11) is 0. The quantitative estimate of drug-likeness (QED) is 0.853. The maximum absolute atomic E-state index is 13.6. The summed E-state index contributed by atoms with van der Waals surface area (Å²) in [6.07, 6.45) is 3.02. The van der Waals surface area contributed by atoms with Crippen molar-refractivity contribution in [3.8, 4) is 6.07 Å². The van der Waals surface area contributed by atoms with Gasteiger partial charge >= 0.3 is 0 Å². The van der Waals surface area contributed by atoms with Crippen LogP contribution in [0, 0.1) is 20.7 Å². The Morgan fingerprint density at radius 1 is 1.29 bits per heavy atom. The Morgan fingerprint density at radius 3 is 2.82 bits per heavy atom. The molecule has 0 spiro atoms. The van der Waals surface area contributed by atoms with Gasteiger partial charge in [0.2, 0.25) is 0 Å². The summed E-state index contributed by atoms with van der Waals surface area (Å²) in [6, 6.07) is 8.43. The number of hydrogen-bond acceptors (Lipinski definition) is 3. The Kier molecular flexibility index (Phi) is 3.54. The molecular formula is C12H7FIN3. The molecule has 2 aromatic rings. The van der Waals surface area contributed by atoms with Crippen LogP contribution < -0.4 is 5.32 Å². The van der Waals surface area contributed by atoms with E-state index in [1.165, 1.54) is 18.5 Å². The number of halogens is 2. The first-order valence-electron chi connectivity index (χ1n) is 4.77. The van der Waals surface area contributed by atoms with Gasteiger partial charge in [0.05, 0.1) is 23.1 Å². The summed E-state index contributed by atoms with van der Waals surface area (Å²) in [6.45, 7) is 0. The highest BCUT2D eigenvalue weighted by atomic mass is 127. The fourth-order valence-corrected chi connectivity index (χ4v) is 1.78. The normalized spacial score (nSPS) is 9.71. The van der Waals surface area contributed by atoms with E-state index in [0.717, 1.165) is 3.57 Å². The smallest absolute Gasteiger partial charge is 0.147 e. The van der Waals surface area contributed by atoms with E-state index in [-0.39, 0.29) is 5.82 Å². The van der Waals surface area contributed by atoms with Crippen molar-refractivity contribution in [1.82, 2.24) is 4.98 Å². The lowest BCUT2D eigenvalue weighted by Gasteiger charge is -2.08. The van der Waals surface area contributed by atoms with Crippen LogP contribution in [0.25, 0.3) is 0 Å². The lowest BCUT2D eigenvalue weighted by Crippen LogP contribution is -1.97. The predicted octanol–water partition coefficient (Wildman–Crippen LogP) is 3.44. The van der Waals surface area contributed by atoms with Crippen molar-refractivity contribution in [2.24, 2.45) is 0 Å². The Morgan fingerprint density at radius 2 is 2.12 bits per heavy atom. The first-order valence-corrected chi connectivity index (χ1v) is 5.85. The topological polar surface area (TPSA) is 48.7 Å². The molecule has 0 fully saturated rings. The number of anilines is 2. The van der Waals surface area contributed by atoms with Gasteiger partial charge in [0.15, 0.2) is 0 Å². The van der Waals surface area contributed by atoms with E-state index in [2.05, 4.69) is 10.3 Å². The summed E-state index contributed by atoms with van der Waals surface area (Å²) in [5.74, 6) is -0.357. The number of rotatable bonds is 2. The molecule has 1 aromatic carbocycles. The second kappa shape index (κ2) is 5.10. The molecule has 0 atom stereocenters. The van der Waals surface area contributed by atoms with Gasteiger partial charge in [-0.05, 0) is 46.9 Å². The largest absolute Gasteiger partial charge is 0.351 e. The summed E-state index contributed by atoms with van der Waals surface area (Å²) < 4.78 is 14.4. The average molecular weight is 339 g/mol. The van der Waals surface area contributed by atoms with E-state index < -0.39 is 0 Å². The molecule has 0 saturated heterocycles. The highest BCUT2D eigenvalue weighted by Crippen LogP contribution is 2.23. The minimum absolute atomic E-state index is 0.329. The van der Waals surface area contributed by atoms with Crippen LogP contribution in [0.4, 0.5) is 15.8 Å². The molecule has 2 rings (SSSR count). The molecule has 0 aliphatic heterocycles. The van der Waals surface area contributed by atoms with E-state index in [4.69, 9.17) is 5.26 Å². The molecule has 1 aromatic heterocycles. The van der Waals surface area contributed by atoms with E-state index in [0.29, 0.717) is 16.9 Å². The minimum Gasteiger partial charge on any atom is -0.351 e. The first-order chi connectivity index (χ1) is 8.20. The number of benzene rings is 1. The van der Waals surface area contributed by atoms with Crippen molar-refractivity contribution >= 4 is 34.0 Å². The molecule has 0 aliphatic rings. The Hall–Kier alpha value is -1.68. The lowest BCUT2D eigenvalue weighted by atomic mass is 10.2. The monoisotopic (exact) mass is 339 g/mol. The van der Waals surface area contributed by atoms with Gasteiger partial charge < -0.3 is 5.32 Å². The number of nitriles is 1. The van der Waals surface area contributed by atoms with Gasteiger partial charge in [-0.2, -0.15) is 5.26 Å². The third-order valence-electron chi connectivity index (χ3n) is 2.14. The maximum Gasteiger partial charge on any atom is 0.147 e. The van der Waals surface area contributed by atoms with Gasteiger partial charge in [-0.3, -0.25) is 4.98 Å². The van der Waals surface area contributed by atoms with Crippen molar-refractivity contribution < 1.29 is 4.39 Å². The standard InChI is InChI=1S/C12H7FIN3/c13-10-5-9(14)1-2-11(10)17-12-7-16-4-3-8(12)6-15/h1-5,7,17H. The zero-order valence-corrected chi connectivity index (χ0v) is 10.8. The second-order valence-electron chi connectivity index (χ2n) is 3.28. The number of aromatic nitrogens is 1. The third kappa shape index (κ3) is 2.71. The minimum atomic E-state index is -0.357. The molecule has 0 unspecified atom stereocenters.